The minimum absolute atomic E-state index is 0.185. The van der Waals surface area contributed by atoms with Gasteiger partial charge in [0, 0.05) is 24.3 Å². The van der Waals surface area contributed by atoms with Crippen molar-refractivity contribution in [3.8, 4) is 0 Å². The Balaban J connectivity index is 1.53. The van der Waals surface area contributed by atoms with E-state index in [0.717, 1.165) is 32.1 Å². The lowest BCUT2D eigenvalue weighted by Gasteiger charge is -2.22. The number of carbonyl (C=O) groups excluding carboxylic acids is 2. The third kappa shape index (κ3) is 5.15. The van der Waals surface area contributed by atoms with Gasteiger partial charge < -0.3 is 10.6 Å². The SMILES string of the molecule is O=C(NCCc1ccccc1)c1ccnc(C(=O)NC2CCCCC2)c1. The highest BCUT2D eigenvalue weighted by molar-refractivity contribution is 5.98. The number of benzene rings is 1. The molecule has 1 aromatic heterocycles. The summed E-state index contributed by atoms with van der Waals surface area (Å²) in [5.41, 5.74) is 1.93. The maximum atomic E-state index is 12.4. The molecule has 0 bridgehead atoms. The number of rotatable bonds is 6. The van der Waals surface area contributed by atoms with E-state index in [9.17, 15) is 9.59 Å². The van der Waals surface area contributed by atoms with Crippen molar-refractivity contribution in [3.05, 3.63) is 65.5 Å². The summed E-state index contributed by atoms with van der Waals surface area (Å²) in [5.74, 6) is -0.383. The first-order chi connectivity index (χ1) is 12.7. The van der Waals surface area contributed by atoms with Crippen LogP contribution in [0.25, 0.3) is 0 Å². The van der Waals surface area contributed by atoms with E-state index in [-0.39, 0.29) is 17.9 Å². The Bertz CT molecular complexity index is 740. The van der Waals surface area contributed by atoms with E-state index >= 15 is 0 Å². The van der Waals surface area contributed by atoms with E-state index in [4.69, 9.17) is 0 Å². The molecule has 2 aromatic rings. The molecule has 26 heavy (non-hydrogen) atoms. The van der Waals surface area contributed by atoms with Gasteiger partial charge in [0.15, 0.2) is 0 Å². The molecule has 2 N–H and O–H groups in total. The third-order valence-corrected chi connectivity index (χ3v) is 4.74. The van der Waals surface area contributed by atoms with E-state index in [1.165, 1.54) is 18.2 Å². The molecule has 1 heterocycles. The maximum Gasteiger partial charge on any atom is 0.270 e. The maximum absolute atomic E-state index is 12.4. The van der Waals surface area contributed by atoms with Crippen molar-refractivity contribution >= 4 is 11.8 Å². The second kappa shape index (κ2) is 9.13. The first kappa shape index (κ1) is 18.1. The second-order valence-corrected chi connectivity index (χ2v) is 6.73. The summed E-state index contributed by atoms with van der Waals surface area (Å²) >= 11 is 0. The molecule has 2 amide bonds. The fraction of sp³-hybridized carbons (Fsp3) is 0.381. The number of aromatic nitrogens is 1. The van der Waals surface area contributed by atoms with Crippen molar-refractivity contribution in [1.29, 1.82) is 0 Å². The van der Waals surface area contributed by atoms with Crippen molar-refractivity contribution in [3.63, 3.8) is 0 Å². The van der Waals surface area contributed by atoms with Crippen LogP contribution in [0.15, 0.2) is 48.7 Å². The van der Waals surface area contributed by atoms with Gasteiger partial charge in [0.1, 0.15) is 5.69 Å². The van der Waals surface area contributed by atoms with Crippen molar-refractivity contribution in [1.82, 2.24) is 15.6 Å². The molecule has 1 aliphatic rings. The largest absolute Gasteiger partial charge is 0.352 e. The van der Waals surface area contributed by atoms with Gasteiger partial charge in [-0.25, -0.2) is 0 Å². The lowest BCUT2D eigenvalue weighted by Crippen LogP contribution is -2.36. The topological polar surface area (TPSA) is 71.1 Å². The molecule has 0 atom stereocenters. The Morgan fingerprint density at radius 1 is 1.00 bits per heavy atom. The summed E-state index contributed by atoms with van der Waals surface area (Å²) in [7, 11) is 0. The number of hydrogen-bond donors (Lipinski definition) is 2. The number of nitrogens with one attached hydrogen (secondary N) is 2. The van der Waals surface area contributed by atoms with Crippen LogP contribution < -0.4 is 10.6 Å². The molecular formula is C21H25N3O2. The molecule has 0 aliphatic heterocycles. The zero-order chi connectivity index (χ0) is 18.2. The zero-order valence-electron chi connectivity index (χ0n) is 14.9. The van der Waals surface area contributed by atoms with Crippen LogP contribution in [0.2, 0.25) is 0 Å². The van der Waals surface area contributed by atoms with Gasteiger partial charge in [0.25, 0.3) is 11.8 Å². The highest BCUT2D eigenvalue weighted by atomic mass is 16.2. The normalized spacial score (nSPS) is 14.6. The smallest absolute Gasteiger partial charge is 0.270 e. The van der Waals surface area contributed by atoms with Gasteiger partial charge >= 0.3 is 0 Å². The Hall–Kier alpha value is -2.69. The highest BCUT2D eigenvalue weighted by Crippen LogP contribution is 2.17. The molecule has 0 saturated heterocycles. The number of hydrogen-bond acceptors (Lipinski definition) is 3. The standard InChI is InChI=1S/C21H25N3O2/c25-20(23-13-11-16-7-3-1-4-8-16)17-12-14-22-19(15-17)21(26)24-18-9-5-2-6-10-18/h1,3-4,7-8,12,14-15,18H,2,5-6,9-11,13H2,(H,23,25)(H,24,26). The van der Waals surface area contributed by atoms with Crippen molar-refractivity contribution in [2.45, 2.75) is 44.6 Å². The Morgan fingerprint density at radius 2 is 1.77 bits per heavy atom. The van der Waals surface area contributed by atoms with Gasteiger partial charge in [-0.15, -0.1) is 0 Å². The van der Waals surface area contributed by atoms with Crippen LogP contribution >= 0.6 is 0 Å². The van der Waals surface area contributed by atoms with Crippen molar-refractivity contribution in [2.75, 3.05) is 6.54 Å². The molecule has 0 spiro atoms. The Labute approximate surface area is 154 Å². The zero-order valence-corrected chi connectivity index (χ0v) is 14.9. The summed E-state index contributed by atoms with van der Waals surface area (Å²) in [5, 5.41) is 5.93. The first-order valence-electron chi connectivity index (χ1n) is 9.31. The van der Waals surface area contributed by atoms with Crippen LogP contribution in [-0.2, 0) is 6.42 Å². The molecule has 1 saturated carbocycles. The Kier molecular flexibility index (Phi) is 6.36. The van der Waals surface area contributed by atoms with Crippen molar-refractivity contribution in [2.24, 2.45) is 0 Å². The average Bonchev–Trinajstić information content (AvgIpc) is 2.69. The van der Waals surface area contributed by atoms with Gasteiger partial charge in [0.2, 0.25) is 0 Å². The summed E-state index contributed by atoms with van der Waals surface area (Å²) < 4.78 is 0. The lowest BCUT2D eigenvalue weighted by molar-refractivity contribution is 0.0922. The van der Waals surface area contributed by atoms with E-state index < -0.39 is 0 Å². The minimum atomic E-state index is -0.198. The van der Waals surface area contributed by atoms with Crippen LogP contribution in [-0.4, -0.2) is 29.4 Å². The molecule has 0 unspecified atom stereocenters. The van der Waals surface area contributed by atoms with Gasteiger partial charge in [-0.05, 0) is 37.0 Å². The molecule has 136 valence electrons. The van der Waals surface area contributed by atoms with E-state index in [1.54, 1.807) is 12.1 Å². The highest BCUT2D eigenvalue weighted by Gasteiger charge is 2.18. The molecule has 5 nitrogen and oxygen atoms in total. The lowest BCUT2D eigenvalue weighted by atomic mass is 9.95. The number of carbonyl (C=O) groups is 2. The van der Waals surface area contributed by atoms with Crippen molar-refractivity contribution < 1.29 is 9.59 Å². The molecule has 0 radical (unpaired) electrons. The van der Waals surface area contributed by atoms with Gasteiger partial charge in [-0.2, -0.15) is 0 Å². The third-order valence-electron chi connectivity index (χ3n) is 4.74. The number of pyridine rings is 1. The number of amides is 2. The van der Waals surface area contributed by atoms with Gasteiger partial charge in [-0.1, -0.05) is 49.6 Å². The van der Waals surface area contributed by atoms with E-state index in [2.05, 4.69) is 15.6 Å². The monoisotopic (exact) mass is 351 g/mol. The van der Waals surface area contributed by atoms with Crippen LogP contribution in [0.3, 0.4) is 0 Å². The average molecular weight is 351 g/mol. The van der Waals surface area contributed by atoms with Crippen LogP contribution in [0.1, 0.15) is 58.5 Å². The molecule has 1 aliphatic carbocycles. The van der Waals surface area contributed by atoms with E-state index in [1.807, 2.05) is 30.3 Å². The molecule has 5 heteroatoms. The van der Waals surface area contributed by atoms with Crippen LogP contribution in [0.4, 0.5) is 0 Å². The number of nitrogens with zero attached hydrogens (tertiary/aromatic N) is 1. The van der Waals surface area contributed by atoms with Crippen LogP contribution in [0, 0.1) is 0 Å². The molecule has 3 rings (SSSR count). The van der Waals surface area contributed by atoms with Gasteiger partial charge in [-0.3, -0.25) is 14.6 Å². The minimum Gasteiger partial charge on any atom is -0.352 e. The summed E-state index contributed by atoms with van der Waals surface area (Å²) in [6.07, 6.45) is 7.87. The molecular weight excluding hydrogens is 326 g/mol. The Morgan fingerprint density at radius 3 is 2.54 bits per heavy atom. The van der Waals surface area contributed by atoms with E-state index in [0.29, 0.717) is 17.8 Å². The summed E-state index contributed by atoms with van der Waals surface area (Å²) in [6.45, 7) is 0.550. The summed E-state index contributed by atoms with van der Waals surface area (Å²) in [4.78, 5) is 28.8. The molecule has 1 fully saturated rings. The predicted octanol–water partition coefficient (Wildman–Crippen LogP) is 3.12. The van der Waals surface area contributed by atoms with Gasteiger partial charge in [0.05, 0.1) is 0 Å². The van der Waals surface area contributed by atoms with Crippen LogP contribution in [0.5, 0.6) is 0 Å². The predicted molar refractivity (Wildman–Crippen MR) is 101 cm³/mol. The fourth-order valence-electron chi connectivity index (χ4n) is 3.27. The quantitative estimate of drug-likeness (QED) is 0.840. The molecule has 1 aromatic carbocycles. The summed E-state index contributed by atoms with van der Waals surface area (Å²) in [6, 6.07) is 13.4. The fourth-order valence-corrected chi connectivity index (χ4v) is 3.27. The first-order valence-corrected chi connectivity index (χ1v) is 9.31. The second-order valence-electron chi connectivity index (χ2n) is 6.73.